The quantitative estimate of drug-likeness (QED) is 0.783. The van der Waals surface area contributed by atoms with E-state index in [1.54, 1.807) is 6.07 Å². The van der Waals surface area contributed by atoms with Crippen molar-refractivity contribution in [2.45, 2.75) is 0 Å². The molecule has 1 N–H and O–H groups in total. The van der Waals surface area contributed by atoms with Crippen LogP contribution in [0.3, 0.4) is 0 Å². The van der Waals surface area contributed by atoms with Crippen LogP contribution in [0.4, 0.5) is 5.69 Å². The Labute approximate surface area is 130 Å². The van der Waals surface area contributed by atoms with E-state index in [2.05, 4.69) is 15.5 Å². The molecule has 3 aromatic rings. The van der Waals surface area contributed by atoms with Gasteiger partial charge in [0, 0.05) is 7.11 Å². The van der Waals surface area contributed by atoms with Gasteiger partial charge < -0.3 is 14.6 Å². The van der Waals surface area contributed by atoms with Crippen molar-refractivity contribution in [1.29, 1.82) is 0 Å². The van der Waals surface area contributed by atoms with Gasteiger partial charge in [-0.1, -0.05) is 23.4 Å². The molecule has 0 aliphatic carbocycles. The summed E-state index contributed by atoms with van der Waals surface area (Å²) in [6.45, 7) is -0.0153. The summed E-state index contributed by atoms with van der Waals surface area (Å²) in [5, 5.41) is 8.69. The highest BCUT2D eigenvalue weighted by atomic mass is 32.1. The number of aromatic nitrogens is 2. The number of carbonyl (C=O) groups is 1. The molecule has 0 bridgehead atoms. The Bertz CT molecular complexity index is 768. The smallest absolute Gasteiger partial charge is 0.260 e. The Morgan fingerprint density at radius 2 is 2.18 bits per heavy atom. The summed E-state index contributed by atoms with van der Waals surface area (Å²) in [4.78, 5) is 17.0. The lowest BCUT2D eigenvalue weighted by Gasteiger charge is -2.07. The fourth-order valence-electron chi connectivity index (χ4n) is 1.93. The van der Waals surface area contributed by atoms with E-state index < -0.39 is 0 Å². The third-order valence-corrected chi connectivity index (χ3v) is 3.74. The first-order valence-corrected chi connectivity index (χ1v) is 7.41. The molecule has 2 heterocycles. The number of benzene rings is 1. The molecule has 1 amide bonds. The van der Waals surface area contributed by atoms with Gasteiger partial charge in [-0.05, 0) is 23.6 Å². The highest BCUT2D eigenvalue weighted by molar-refractivity contribution is 7.13. The molecule has 22 heavy (non-hydrogen) atoms. The van der Waals surface area contributed by atoms with Gasteiger partial charge in [-0.2, -0.15) is 4.98 Å². The second-order valence-corrected chi connectivity index (χ2v) is 5.37. The van der Waals surface area contributed by atoms with Crippen LogP contribution in [-0.4, -0.2) is 29.8 Å². The minimum Gasteiger partial charge on any atom is -0.375 e. The van der Waals surface area contributed by atoms with Gasteiger partial charge in [-0.3, -0.25) is 4.79 Å². The van der Waals surface area contributed by atoms with E-state index in [1.165, 1.54) is 18.4 Å². The van der Waals surface area contributed by atoms with Gasteiger partial charge in [0.2, 0.25) is 11.7 Å². The number of nitrogens with zero attached hydrogens (tertiary/aromatic N) is 2. The van der Waals surface area contributed by atoms with Gasteiger partial charge in [0.05, 0.1) is 16.1 Å². The van der Waals surface area contributed by atoms with Crippen LogP contribution in [0.1, 0.15) is 0 Å². The first-order valence-electron chi connectivity index (χ1n) is 6.53. The zero-order chi connectivity index (χ0) is 15.4. The Kier molecular flexibility index (Phi) is 4.27. The van der Waals surface area contributed by atoms with Crippen LogP contribution in [0, 0.1) is 0 Å². The molecule has 0 saturated heterocycles. The van der Waals surface area contributed by atoms with Crippen LogP contribution in [-0.2, 0) is 9.53 Å². The standard InChI is InChI=1S/C15H13N3O3S/c1-20-9-13(19)16-11-6-3-2-5-10(11)15-17-14(18-21-15)12-7-4-8-22-12/h2-8H,9H2,1H3,(H,16,19). The predicted molar refractivity (Wildman–Crippen MR) is 83.6 cm³/mol. The molecular weight excluding hydrogens is 302 g/mol. The van der Waals surface area contributed by atoms with Gasteiger partial charge in [-0.25, -0.2) is 0 Å². The molecule has 0 fully saturated rings. The minimum absolute atomic E-state index is 0.0153. The molecule has 0 spiro atoms. The van der Waals surface area contributed by atoms with Gasteiger partial charge >= 0.3 is 0 Å². The third-order valence-electron chi connectivity index (χ3n) is 2.87. The number of anilines is 1. The number of nitrogens with one attached hydrogen (secondary N) is 1. The SMILES string of the molecule is COCC(=O)Nc1ccccc1-c1nc(-c2cccs2)no1. The minimum atomic E-state index is -0.243. The summed E-state index contributed by atoms with van der Waals surface area (Å²) in [5.74, 6) is 0.646. The summed E-state index contributed by atoms with van der Waals surface area (Å²) in [6, 6.07) is 11.1. The number of para-hydroxylation sites is 1. The van der Waals surface area contributed by atoms with Crippen molar-refractivity contribution in [3.05, 3.63) is 41.8 Å². The summed E-state index contributed by atoms with van der Waals surface area (Å²) in [7, 11) is 1.47. The average Bonchev–Trinajstić information content (AvgIpc) is 3.19. The van der Waals surface area contributed by atoms with Crippen LogP contribution < -0.4 is 5.32 Å². The molecule has 0 aliphatic rings. The van der Waals surface area contributed by atoms with Crippen molar-refractivity contribution in [1.82, 2.24) is 10.1 Å². The number of methoxy groups -OCH3 is 1. The topological polar surface area (TPSA) is 77.2 Å². The first-order chi connectivity index (χ1) is 10.8. The number of thiophene rings is 1. The van der Waals surface area contributed by atoms with Crippen molar-refractivity contribution >= 4 is 22.9 Å². The molecule has 0 unspecified atom stereocenters. The Hall–Kier alpha value is -2.51. The van der Waals surface area contributed by atoms with Crippen LogP contribution >= 0.6 is 11.3 Å². The lowest BCUT2D eigenvalue weighted by molar-refractivity contribution is -0.119. The maximum Gasteiger partial charge on any atom is 0.260 e. The third kappa shape index (κ3) is 3.05. The molecule has 112 valence electrons. The molecule has 0 radical (unpaired) electrons. The molecule has 7 heteroatoms. The van der Waals surface area contributed by atoms with Crippen molar-refractivity contribution in [3.63, 3.8) is 0 Å². The number of carbonyl (C=O) groups excluding carboxylic acids is 1. The van der Waals surface area contributed by atoms with Crippen LogP contribution in [0.2, 0.25) is 0 Å². The zero-order valence-corrected chi connectivity index (χ0v) is 12.6. The molecule has 6 nitrogen and oxygen atoms in total. The molecular formula is C15H13N3O3S. The molecule has 1 aromatic carbocycles. The highest BCUT2D eigenvalue weighted by Gasteiger charge is 2.15. The fourth-order valence-corrected chi connectivity index (χ4v) is 2.58. The lowest BCUT2D eigenvalue weighted by atomic mass is 10.1. The Morgan fingerprint density at radius 1 is 1.32 bits per heavy atom. The van der Waals surface area contributed by atoms with Crippen molar-refractivity contribution in [3.8, 4) is 22.2 Å². The lowest BCUT2D eigenvalue weighted by Crippen LogP contribution is -2.17. The van der Waals surface area contributed by atoms with E-state index >= 15 is 0 Å². The maximum absolute atomic E-state index is 11.7. The van der Waals surface area contributed by atoms with Gasteiger partial charge in [0.25, 0.3) is 5.89 Å². The maximum atomic E-state index is 11.7. The van der Waals surface area contributed by atoms with Crippen LogP contribution in [0.15, 0.2) is 46.3 Å². The van der Waals surface area contributed by atoms with Crippen LogP contribution in [0.25, 0.3) is 22.2 Å². The number of amides is 1. The second kappa shape index (κ2) is 6.50. The Balaban J connectivity index is 1.90. The van der Waals surface area contributed by atoms with Crippen LogP contribution in [0.5, 0.6) is 0 Å². The van der Waals surface area contributed by atoms with Crippen molar-refractivity contribution in [2.24, 2.45) is 0 Å². The molecule has 3 rings (SSSR count). The van der Waals surface area contributed by atoms with E-state index in [4.69, 9.17) is 9.26 Å². The van der Waals surface area contributed by atoms with E-state index in [0.717, 1.165) is 4.88 Å². The Morgan fingerprint density at radius 3 is 2.95 bits per heavy atom. The number of rotatable bonds is 5. The zero-order valence-electron chi connectivity index (χ0n) is 11.8. The monoisotopic (exact) mass is 315 g/mol. The van der Waals surface area contributed by atoms with E-state index in [9.17, 15) is 4.79 Å². The summed E-state index contributed by atoms with van der Waals surface area (Å²) in [5.41, 5.74) is 1.27. The molecule has 2 aromatic heterocycles. The summed E-state index contributed by atoms with van der Waals surface area (Å²) in [6.07, 6.45) is 0. The van der Waals surface area contributed by atoms with Gasteiger partial charge in [-0.15, -0.1) is 11.3 Å². The van der Waals surface area contributed by atoms with E-state index in [1.807, 2.05) is 35.7 Å². The first kappa shape index (κ1) is 14.4. The highest BCUT2D eigenvalue weighted by Crippen LogP contribution is 2.29. The van der Waals surface area contributed by atoms with Crippen molar-refractivity contribution < 1.29 is 14.1 Å². The normalized spacial score (nSPS) is 10.6. The van der Waals surface area contributed by atoms with Gasteiger partial charge in [0.1, 0.15) is 6.61 Å². The molecule has 0 saturated carbocycles. The molecule has 0 atom stereocenters. The summed E-state index contributed by atoms with van der Waals surface area (Å²) >= 11 is 1.53. The van der Waals surface area contributed by atoms with Crippen molar-refractivity contribution in [2.75, 3.05) is 19.0 Å². The summed E-state index contributed by atoms with van der Waals surface area (Å²) < 4.78 is 10.1. The predicted octanol–water partition coefficient (Wildman–Crippen LogP) is 3.05. The average molecular weight is 315 g/mol. The fraction of sp³-hybridized carbons (Fsp3) is 0.133. The number of hydrogen-bond acceptors (Lipinski definition) is 6. The van der Waals surface area contributed by atoms with E-state index in [-0.39, 0.29) is 12.5 Å². The number of ether oxygens (including phenoxy) is 1. The molecule has 0 aliphatic heterocycles. The van der Waals surface area contributed by atoms with E-state index in [0.29, 0.717) is 23.0 Å². The number of hydrogen-bond donors (Lipinski definition) is 1. The van der Waals surface area contributed by atoms with Gasteiger partial charge in [0.15, 0.2) is 0 Å². The largest absolute Gasteiger partial charge is 0.375 e. The second-order valence-electron chi connectivity index (χ2n) is 4.43.